The summed E-state index contributed by atoms with van der Waals surface area (Å²) in [6.45, 7) is -0.146. The summed E-state index contributed by atoms with van der Waals surface area (Å²) in [5.74, 6) is -2.37. The molecule has 2 N–H and O–H groups in total. The van der Waals surface area contributed by atoms with E-state index in [1.165, 1.54) is 13.2 Å². The number of hydrogen-bond acceptors (Lipinski definition) is 7. The monoisotopic (exact) mass is 342 g/mol. The van der Waals surface area contributed by atoms with E-state index in [1.807, 2.05) is 0 Å². The van der Waals surface area contributed by atoms with Crippen LogP contribution in [0.25, 0.3) is 0 Å². The number of methoxy groups -OCH3 is 1. The number of nitrogen functional groups attached to an aromatic ring is 1. The molecule has 2 heterocycles. The van der Waals surface area contributed by atoms with Gasteiger partial charge in [0.25, 0.3) is 0 Å². The fraction of sp³-hybridized carbons (Fsp3) is 0.286. The second-order valence-corrected chi connectivity index (χ2v) is 5.55. The lowest BCUT2D eigenvalue weighted by atomic mass is 10.1. The molecule has 0 radical (unpaired) electrons. The number of carbonyl (C=O) groups is 1. The highest BCUT2D eigenvalue weighted by Crippen LogP contribution is 2.34. The smallest absolute Gasteiger partial charge is 0.346 e. The quantitative estimate of drug-likeness (QED) is 0.859. The van der Waals surface area contributed by atoms with Gasteiger partial charge in [-0.2, -0.15) is 4.37 Å². The molecular formula is C14H12F2N2O4S. The number of benzene rings is 1. The number of fused-ring (bicyclic) bond motifs is 1. The molecule has 0 atom stereocenters. The van der Waals surface area contributed by atoms with Crippen molar-refractivity contribution in [2.75, 3.05) is 19.5 Å². The van der Waals surface area contributed by atoms with Gasteiger partial charge in [-0.1, -0.05) is 0 Å². The molecule has 3 rings (SSSR count). The van der Waals surface area contributed by atoms with E-state index in [4.69, 9.17) is 15.2 Å². The third-order valence-electron chi connectivity index (χ3n) is 3.39. The molecule has 1 aliphatic heterocycles. The van der Waals surface area contributed by atoms with Crippen LogP contribution in [0.1, 0.15) is 21.5 Å². The average Bonchev–Trinajstić information content (AvgIpc) is 3.13. The van der Waals surface area contributed by atoms with Gasteiger partial charge in [0.1, 0.15) is 17.4 Å². The fourth-order valence-corrected chi connectivity index (χ4v) is 2.83. The second kappa shape index (κ2) is 5.99. The number of aromatic nitrogens is 1. The van der Waals surface area contributed by atoms with Crippen molar-refractivity contribution in [3.8, 4) is 11.6 Å². The van der Waals surface area contributed by atoms with Gasteiger partial charge in [0.15, 0.2) is 17.1 Å². The molecule has 0 unspecified atom stereocenters. The van der Waals surface area contributed by atoms with E-state index in [0.29, 0.717) is 18.6 Å². The first-order valence-corrected chi connectivity index (χ1v) is 7.39. The van der Waals surface area contributed by atoms with Crippen molar-refractivity contribution in [3.63, 3.8) is 0 Å². The maximum Gasteiger partial charge on any atom is 0.346 e. The summed E-state index contributed by atoms with van der Waals surface area (Å²) >= 11 is 0.828. The number of ether oxygens (including phenoxy) is 3. The molecule has 1 aromatic heterocycles. The number of carbonyl (C=O) groups excluding carboxylic acids is 1. The van der Waals surface area contributed by atoms with Gasteiger partial charge in [-0.3, -0.25) is 0 Å². The van der Waals surface area contributed by atoms with Crippen molar-refractivity contribution >= 4 is 22.5 Å². The van der Waals surface area contributed by atoms with Crippen LogP contribution in [0.4, 0.5) is 13.8 Å². The predicted molar refractivity (Wildman–Crippen MR) is 77.8 cm³/mol. The van der Waals surface area contributed by atoms with Crippen molar-refractivity contribution in [1.29, 1.82) is 0 Å². The Morgan fingerprint density at radius 2 is 2.30 bits per heavy atom. The lowest BCUT2D eigenvalue weighted by molar-refractivity contribution is 0.0596. The van der Waals surface area contributed by atoms with Crippen LogP contribution in [-0.2, 0) is 17.8 Å². The van der Waals surface area contributed by atoms with Gasteiger partial charge in [-0.15, -0.1) is 0 Å². The van der Waals surface area contributed by atoms with Crippen LogP contribution >= 0.6 is 11.5 Å². The van der Waals surface area contributed by atoms with Crippen LogP contribution < -0.4 is 15.2 Å². The van der Waals surface area contributed by atoms with E-state index in [2.05, 4.69) is 9.11 Å². The Hall–Kier alpha value is -2.42. The molecule has 6 nitrogen and oxygen atoms in total. The molecule has 1 aliphatic rings. The number of hydrogen-bond donors (Lipinski definition) is 1. The van der Waals surface area contributed by atoms with Crippen LogP contribution in [0.3, 0.4) is 0 Å². The highest BCUT2D eigenvalue weighted by molar-refractivity contribution is 7.10. The predicted octanol–water partition coefficient (Wildman–Crippen LogP) is 2.30. The Morgan fingerprint density at radius 1 is 1.52 bits per heavy atom. The highest BCUT2D eigenvalue weighted by Gasteiger charge is 2.26. The summed E-state index contributed by atoms with van der Waals surface area (Å²) < 4.78 is 47.2. The van der Waals surface area contributed by atoms with Gasteiger partial charge in [-0.25, -0.2) is 13.6 Å². The minimum atomic E-state index is -0.805. The maximum absolute atomic E-state index is 14.3. The van der Waals surface area contributed by atoms with Crippen LogP contribution in [0, 0.1) is 11.6 Å². The summed E-state index contributed by atoms with van der Waals surface area (Å²) in [7, 11) is 1.18. The molecule has 1 aromatic carbocycles. The minimum absolute atomic E-state index is 0.0379. The highest BCUT2D eigenvalue weighted by atomic mass is 32.1. The third-order valence-corrected chi connectivity index (χ3v) is 4.05. The van der Waals surface area contributed by atoms with Gasteiger partial charge in [0.2, 0.25) is 5.88 Å². The summed E-state index contributed by atoms with van der Waals surface area (Å²) in [5.41, 5.74) is 5.75. The lowest BCUT2D eigenvalue weighted by Gasteiger charge is -2.10. The van der Waals surface area contributed by atoms with Crippen LogP contribution in [-0.4, -0.2) is 24.1 Å². The summed E-state index contributed by atoms with van der Waals surface area (Å²) in [4.78, 5) is 11.6. The van der Waals surface area contributed by atoms with Gasteiger partial charge in [-0.05, 0) is 17.6 Å². The molecule has 0 amide bonds. The van der Waals surface area contributed by atoms with Crippen LogP contribution in [0.15, 0.2) is 6.07 Å². The van der Waals surface area contributed by atoms with E-state index in [1.54, 1.807) is 0 Å². The molecule has 9 heteroatoms. The van der Waals surface area contributed by atoms with Gasteiger partial charge in [0.05, 0.1) is 19.3 Å². The van der Waals surface area contributed by atoms with Crippen molar-refractivity contribution in [3.05, 3.63) is 34.4 Å². The molecule has 0 saturated heterocycles. The number of halogens is 2. The third kappa shape index (κ3) is 2.67. The molecule has 0 spiro atoms. The molecule has 0 aliphatic carbocycles. The molecular weight excluding hydrogens is 330 g/mol. The van der Waals surface area contributed by atoms with E-state index in [9.17, 15) is 13.6 Å². The van der Waals surface area contributed by atoms with E-state index in [0.717, 1.165) is 11.5 Å². The zero-order valence-electron chi connectivity index (χ0n) is 12.0. The second-order valence-electron chi connectivity index (χ2n) is 4.74. The average molecular weight is 342 g/mol. The zero-order valence-corrected chi connectivity index (χ0v) is 12.8. The number of anilines is 1. The standard InChI is InChI=1S/C14H12F2N2O4S/c1-20-14(19)9-12(17)23-18-13(9)22-5-7-8(15)4-6-2-3-21-11(6)10(7)16/h4H,2-3,5,17H2,1H3. The number of nitrogens with two attached hydrogens (primary N) is 1. The zero-order chi connectivity index (χ0) is 16.6. The molecule has 0 bridgehead atoms. The Balaban J connectivity index is 1.87. The molecule has 23 heavy (non-hydrogen) atoms. The van der Waals surface area contributed by atoms with Crippen LogP contribution in [0.5, 0.6) is 11.6 Å². The first kappa shape index (κ1) is 15.5. The number of esters is 1. The number of nitrogens with zero attached hydrogens (tertiary/aromatic N) is 1. The summed E-state index contributed by atoms with van der Waals surface area (Å²) in [6, 6.07) is 1.22. The Morgan fingerprint density at radius 3 is 3.04 bits per heavy atom. The molecule has 122 valence electrons. The number of rotatable bonds is 4. The lowest BCUT2D eigenvalue weighted by Crippen LogP contribution is -2.08. The first-order chi connectivity index (χ1) is 11.0. The van der Waals surface area contributed by atoms with E-state index >= 15 is 0 Å². The Labute approximate surface area is 133 Å². The normalized spacial score (nSPS) is 12.7. The first-order valence-electron chi connectivity index (χ1n) is 6.61. The summed E-state index contributed by atoms with van der Waals surface area (Å²) in [6.07, 6.45) is 0.458. The Kier molecular flexibility index (Phi) is 4.03. The summed E-state index contributed by atoms with van der Waals surface area (Å²) in [5, 5.41) is 0.102. The maximum atomic E-state index is 14.3. The minimum Gasteiger partial charge on any atom is -0.490 e. The molecule has 2 aromatic rings. The largest absolute Gasteiger partial charge is 0.490 e. The Bertz CT molecular complexity index is 779. The molecule has 0 fully saturated rings. The van der Waals surface area contributed by atoms with Gasteiger partial charge in [0, 0.05) is 12.0 Å². The van der Waals surface area contributed by atoms with Crippen molar-refractivity contribution < 1.29 is 27.8 Å². The van der Waals surface area contributed by atoms with Crippen LogP contribution in [0.2, 0.25) is 0 Å². The van der Waals surface area contributed by atoms with Crippen molar-refractivity contribution in [1.82, 2.24) is 4.37 Å². The fourth-order valence-electron chi connectivity index (χ4n) is 2.24. The molecule has 0 saturated carbocycles. The van der Waals surface area contributed by atoms with Gasteiger partial charge >= 0.3 is 5.97 Å². The van der Waals surface area contributed by atoms with E-state index in [-0.39, 0.29) is 27.8 Å². The van der Waals surface area contributed by atoms with Gasteiger partial charge < -0.3 is 19.9 Å². The topological polar surface area (TPSA) is 83.7 Å². The SMILES string of the molecule is COC(=O)c1c(OCc2c(F)cc3c(c2F)OCC3)nsc1N. The van der Waals surface area contributed by atoms with Crippen molar-refractivity contribution in [2.24, 2.45) is 0 Å². The van der Waals surface area contributed by atoms with E-state index < -0.39 is 24.2 Å². The van der Waals surface area contributed by atoms with Crippen molar-refractivity contribution in [2.45, 2.75) is 13.0 Å².